The number of nitrogens with one attached hydrogen (secondary N) is 2. The summed E-state index contributed by atoms with van der Waals surface area (Å²) < 4.78 is 36.3. The molecule has 0 aliphatic carbocycles. The van der Waals surface area contributed by atoms with Crippen LogP contribution in [0.25, 0.3) is 0 Å². The Morgan fingerprint density at radius 2 is 1.79 bits per heavy atom. The van der Waals surface area contributed by atoms with Gasteiger partial charge in [-0.15, -0.1) is 0 Å². The maximum Gasteiger partial charge on any atom is 0.337 e. The summed E-state index contributed by atoms with van der Waals surface area (Å²) in [7, 11) is 1.26. The highest BCUT2D eigenvalue weighted by Crippen LogP contribution is 2.26. The maximum absolute atomic E-state index is 13.1. The summed E-state index contributed by atoms with van der Waals surface area (Å²) in [6, 6.07) is 7.33. The molecule has 0 aliphatic rings. The van der Waals surface area contributed by atoms with E-state index in [4.69, 9.17) is 4.74 Å². The summed E-state index contributed by atoms with van der Waals surface area (Å²) in [5.41, 5.74) is 0.365. The van der Waals surface area contributed by atoms with Crippen LogP contribution in [0.15, 0.2) is 40.9 Å². The SMILES string of the molecule is COC(=O)c1ccc(OCC(=O)NCC(=O)Nc2ccc(F)c(F)c2)c(Br)c1. The molecule has 2 N–H and O–H groups in total. The van der Waals surface area contributed by atoms with Crippen LogP contribution in [0.4, 0.5) is 14.5 Å². The zero-order chi connectivity index (χ0) is 20.7. The molecule has 0 saturated heterocycles. The molecule has 0 unspecified atom stereocenters. The van der Waals surface area contributed by atoms with E-state index in [9.17, 15) is 23.2 Å². The molecule has 0 radical (unpaired) electrons. The van der Waals surface area contributed by atoms with Crippen molar-refractivity contribution in [1.29, 1.82) is 0 Å². The minimum atomic E-state index is -1.10. The molecule has 0 atom stereocenters. The summed E-state index contributed by atoms with van der Waals surface area (Å²) in [6.07, 6.45) is 0. The van der Waals surface area contributed by atoms with E-state index in [2.05, 4.69) is 31.3 Å². The molecule has 2 aromatic rings. The average molecular weight is 457 g/mol. The van der Waals surface area contributed by atoms with Crippen molar-refractivity contribution >= 4 is 39.4 Å². The van der Waals surface area contributed by atoms with Crippen molar-refractivity contribution in [3.8, 4) is 5.75 Å². The van der Waals surface area contributed by atoms with Gasteiger partial charge in [0.1, 0.15) is 5.75 Å². The van der Waals surface area contributed by atoms with Crippen LogP contribution in [0.2, 0.25) is 0 Å². The van der Waals surface area contributed by atoms with Crippen molar-refractivity contribution in [1.82, 2.24) is 5.32 Å². The number of carbonyl (C=O) groups is 3. The van der Waals surface area contributed by atoms with E-state index in [1.54, 1.807) is 0 Å². The first-order chi connectivity index (χ1) is 13.3. The topological polar surface area (TPSA) is 93.7 Å². The second kappa shape index (κ2) is 9.79. The summed E-state index contributed by atoms with van der Waals surface area (Å²) in [5.74, 6) is -3.54. The van der Waals surface area contributed by atoms with Gasteiger partial charge in [0.2, 0.25) is 5.91 Å². The van der Waals surface area contributed by atoms with Gasteiger partial charge in [-0.25, -0.2) is 13.6 Å². The first kappa shape index (κ1) is 21.3. The number of hydrogen-bond acceptors (Lipinski definition) is 5. The van der Waals surface area contributed by atoms with E-state index in [0.717, 1.165) is 12.1 Å². The molecule has 0 fully saturated rings. The van der Waals surface area contributed by atoms with Crippen LogP contribution in [-0.4, -0.2) is 38.0 Å². The third kappa shape index (κ3) is 6.02. The first-order valence-electron chi connectivity index (χ1n) is 7.82. The Morgan fingerprint density at radius 3 is 2.43 bits per heavy atom. The fourth-order valence-electron chi connectivity index (χ4n) is 2.01. The molecule has 0 aromatic heterocycles. The Labute approximate surface area is 167 Å². The molecule has 2 aromatic carbocycles. The van der Waals surface area contributed by atoms with Gasteiger partial charge in [0.25, 0.3) is 5.91 Å². The number of rotatable bonds is 7. The van der Waals surface area contributed by atoms with Crippen molar-refractivity contribution in [2.45, 2.75) is 0 Å². The number of anilines is 1. The number of ether oxygens (including phenoxy) is 2. The van der Waals surface area contributed by atoms with Gasteiger partial charge in [-0.3, -0.25) is 9.59 Å². The van der Waals surface area contributed by atoms with Crippen molar-refractivity contribution in [2.24, 2.45) is 0 Å². The highest BCUT2D eigenvalue weighted by molar-refractivity contribution is 9.10. The van der Waals surface area contributed by atoms with Crippen molar-refractivity contribution < 1.29 is 32.6 Å². The smallest absolute Gasteiger partial charge is 0.337 e. The predicted molar refractivity (Wildman–Crippen MR) is 99.0 cm³/mol. The molecule has 2 amide bonds. The van der Waals surface area contributed by atoms with Crippen LogP contribution in [0.3, 0.4) is 0 Å². The standard InChI is InChI=1S/C18H15BrF2N2O5/c1-27-18(26)10-2-5-15(12(19)6-10)28-9-17(25)22-8-16(24)23-11-3-4-13(20)14(21)7-11/h2-7H,8-9H2,1H3,(H,22,25)(H,23,24). The fourth-order valence-corrected chi connectivity index (χ4v) is 2.51. The van der Waals surface area contributed by atoms with Crippen LogP contribution in [0.1, 0.15) is 10.4 Å². The second-order valence-corrected chi connectivity index (χ2v) is 6.23. The number of methoxy groups -OCH3 is 1. The van der Waals surface area contributed by atoms with E-state index < -0.39 is 29.4 Å². The Morgan fingerprint density at radius 1 is 1.04 bits per heavy atom. The molecule has 2 rings (SSSR count). The molecule has 10 heteroatoms. The summed E-state index contributed by atoms with van der Waals surface area (Å²) >= 11 is 3.22. The maximum atomic E-state index is 13.1. The van der Waals surface area contributed by atoms with Gasteiger partial charge in [0.05, 0.1) is 23.7 Å². The lowest BCUT2D eigenvalue weighted by molar-refractivity contribution is -0.125. The molecular formula is C18H15BrF2N2O5. The van der Waals surface area contributed by atoms with Gasteiger partial charge < -0.3 is 20.1 Å². The van der Waals surface area contributed by atoms with E-state index >= 15 is 0 Å². The van der Waals surface area contributed by atoms with E-state index in [1.165, 1.54) is 31.4 Å². The van der Waals surface area contributed by atoms with Gasteiger partial charge in [0.15, 0.2) is 18.2 Å². The predicted octanol–water partition coefficient (Wildman–Crippen LogP) is 2.65. The fraction of sp³-hybridized carbons (Fsp3) is 0.167. The zero-order valence-corrected chi connectivity index (χ0v) is 16.1. The first-order valence-corrected chi connectivity index (χ1v) is 8.61. The van der Waals surface area contributed by atoms with Gasteiger partial charge in [-0.2, -0.15) is 0 Å². The highest BCUT2D eigenvalue weighted by atomic mass is 79.9. The third-order valence-electron chi connectivity index (χ3n) is 3.36. The number of halogens is 3. The molecule has 0 saturated carbocycles. The second-order valence-electron chi connectivity index (χ2n) is 5.38. The van der Waals surface area contributed by atoms with Crippen molar-refractivity contribution in [3.63, 3.8) is 0 Å². The quantitative estimate of drug-likeness (QED) is 0.624. The van der Waals surface area contributed by atoms with E-state index in [-0.39, 0.29) is 18.8 Å². The van der Waals surface area contributed by atoms with Crippen LogP contribution in [0.5, 0.6) is 5.75 Å². The normalized spacial score (nSPS) is 10.1. The highest BCUT2D eigenvalue weighted by Gasteiger charge is 2.12. The van der Waals surface area contributed by atoms with Crippen LogP contribution in [-0.2, 0) is 14.3 Å². The molecule has 148 valence electrons. The largest absolute Gasteiger partial charge is 0.483 e. The molecule has 7 nitrogen and oxygen atoms in total. The molecule has 0 aliphatic heterocycles. The summed E-state index contributed by atoms with van der Waals surface area (Å²) in [5, 5.41) is 4.64. The molecule has 0 spiro atoms. The van der Waals surface area contributed by atoms with E-state index in [0.29, 0.717) is 15.8 Å². The molecule has 28 heavy (non-hydrogen) atoms. The molecule has 0 bridgehead atoms. The molecular weight excluding hydrogens is 442 g/mol. The Bertz CT molecular complexity index is 908. The van der Waals surface area contributed by atoms with Crippen LogP contribution in [0, 0.1) is 11.6 Å². The Kier molecular flexibility index (Phi) is 7.44. The number of esters is 1. The number of amides is 2. The van der Waals surface area contributed by atoms with Gasteiger partial charge in [-0.05, 0) is 46.3 Å². The molecule has 0 heterocycles. The summed E-state index contributed by atoms with van der Waals surface area (Å²) in [4.78, 5) is 35.0. The van der Waals surface area contributed by atoms with Gasteiger partial charge >= 0.3 is 5.97 Å². The van der Waals surface area contributed by atoms with Gasteiger partial charge in [-0.1, -0.05) is 0 Å². The van der Waals surface area contributed by atoms with E-state index in [1.807, 2.05) is 0 Å². The third-order valence-corrected chi connectivity index (χ3v) is 3.98. The van der Waals surface area contributed by atoms with Crippen molar-refractivity contribution in [3.05, 3.63) is 58.1 Å². The lowest BCUT2D eigenvalue weighted by Crippen LogP contribution is -2.35. The monoisotopic (exact) mass is 456 g/mol. The van der Waals surface area contributed by atoms with Gasteiger partial charge in [0, 0.05) is 11.8 Å². The summed E-state index contributed by atoms with van der Waals surface area (Å²) in [6.45, 7) is -0.766. The van der Waals surface area contributed by atoms with Crippen molar-refractivity contribution in [2.75, 3.05) is 25.6 Å². The Hall–Kier alpha value is -3.01. The van der Waals surface area contributed by atoms with Crippen LogP contribution < -0.4 is 15.4 Å². The number of benzene rings is 2. The minimum absolute atomic E-state index is 0.0593. The lowest BCUT2D eigenvalue weighted by atomic mass is 10.2. The number of hydrogen-bond donors (Lipinski definition) is 2. The number of carbonyl (C=O) groups excluding carboxylic acids is 3. The average Bonchev–Trinajstić information content (AvgIpc) is 2.67. The minimum Gasteiger partial charge on any atom is -0.483 e. The lowest BCUT2D eigenvalue weighted by Gasteiger charge is -2.10. The zero-order valence-electron chi connectivity index (χ0n) is 14.6. The Balaban J connectivity index is 1.80. The van der Waals surface area contributed by atoms with Crippen LogP contribution >= 0.6 is 15.9 Å².